The normalized spacial score (nSPS) is 18.7. The van der Waals surface area contributed by atoms with E-state index in [1.165, 1.54) is 19.3 Å². The van der Waals surface area contributed by atoms with Crippen LogP contribution in [0.25, 0.3) is 10.9 Å². The molecule has 2 fully saturated rings. The molecule has 0 bridgehead atoms. The number of carbonyl (C=O) groups is 2. The molecule has 1 N–H and O–H groups in total. The second-order valence-corrected chi connectivity index (χ2v) is 9.17. The summed E-state index contributed by atoms with van der Waals surface area (Å²) in [5, 5.41) is 3.82. The molecule has 1 aromatic heterocycles. The number of para-hydroxylation sites is 1. The lowest BCUT2D eigenvalue weighted by atomic mass is 9.79. The number of benzene rings is 1. The number of esters is 1. The summed E-state index contributed by atoms with van der Waals surface area (Å²) < 4.78 is 11.0. The van der Waals surface area contributed by atoms with Gasteiger partial charge in [0.1, 0.15) is 0 Å². The summed E-state index contributed by atoms with van der Waals surface area (Å²) in [6, 6.07) is 7.56. The number of aryl methyl sites for hydroxylation is 1. The number of fused-ring (bicyclic) bond motifs is 1. The summed E-state index contributed by atoms with van der Waals surface area (Å²) in [6.45, 7) is 7.50. The van der Waals surface area contributed by atoms with Gasteiger partial charge in [-0.05, 0) is 37.8 Å². The van der Waals surface area contributed by atoms with Gasteiger partial charge < -0.3 is 14.8 Å². The van der Waals surface area contributed by atoms with E-state index in [0.717, 1.165) is 67.7 Å². The van der Waals surface area contributed by atoms with Crippen LogP contribution >= 0.6 is 0 Å². The second kappa shape index (κ2) is 10.6. The molecule has 1 aromatic carbocycles. The van der Waals surface area contributed by atoms with Crippen molar-refractivity contribution in [3.8, 4) is 0 Å². The number of ether oxygens (including phenoxy) is 2. The lowest BCUT2D eigenvalue weighted by Crippen LogP contribution is -2.59. The quantitative estimate of drug-likeness (QED) is 0.647. The standard InChI is InChI=1S/C26H35N3O4/c1-3-21-19(2)24(20-9-5-6-10-22(20)28-21)25(31)33-17-23(30)27-18-26(11-7-4-8-12-26)29-13-15-32-16-14-29/h5-6,9-10H,3-4,7-8,11-18H2,1-2H3,(H,27,30). The van der Waals surface area contributed by atoms with E-state index in [1.54, 1.807) is 0 Å². The SMILES string of the molecule is CCc1nc2ccccc2c(C(=O)OCC(=O)NCC2(N3CCOCC3)CCCCC2)c1C. The van der Waals surface area contributed by atoms with E-state index in [4.69, 9.17) is 9.47 Å². The van der Waals surface area contributed by atoms with E-state index in [0.29, 0.717) is 12.1 Å². The molecule has 1 saturated carbocycles. The van der Waals surface area contributed by atoms with Gasteiger partial charge >= 0.3 is 5.97 Å². The molecule has 33 heavy (non-hydrogen) atoms. The topological polar surface area (TPSA) is 80.8 Å². The summed E-state index contributed by atoms with van der Waals surface area (Å²) in [5.41, 5.74) is 2.93. The number of pyridine rings is 1. The number of rotatable bonds is 7. The monoisotopic (exact) mass is 453 g/mol. The maximum absolute atomic E-state index is 13.0. The third-order valence-corrected chi connectivity index (χ3v) is 7.19. The van der Waals surface area contributed by atoms with Crippen LogP contribution in [0.3, 0.4) is 0 Å². The van der Waals surface area contributed by atoms with Crippen LogP contribution in [-0.4, -0.2) is 66.8 Å². The molecule has 2 aliphatic rings. The first-order valence-corrected chi connectivity index (χ1v) is 12.2. The van der Waals surface area contributed by atoms with Crippen molar-refractivity contribution >= 4 is 22.8 Å². The molecule has 2 aromatic rings. The molecule has 1 amide bonds. The van der Waals surface area contributed by atoms with Crippen LogP contribution in [0.2, 0.25) is 0 Å². The fourth-order valence-electron chi connectivity index (χ4n) is 5.34. The second-order valence-electron chi connectivity index (χ2n) is 9.17. The van der Waals surface area contributed by atoms with Crippen molar-refractivity contribution in [2.75, 3.05) is 39.5 Å². The first kappa shape index (κ1) is 23.6. The van der Waals surface area contributed by atoms with Gasteiger partial charge in [-0.15, -0.1) is 0 Å². The molecular formula is C26H35N3O4. The number of hydrogen-bond donors (Lipinski definition) is 1. The lowest BCUT2D eigenvalue weighted by Gasteiger charge is -2.48. The Hall–Kier alpha value is -2.51. The molecular weight excluding hydrogens is 418 g/mol. The number of amides is 1. The molecule has 2 heterocycles. The Labute approximate surface area is 195 Å². The van der Waals surface area contributed by atoms with Gasteiger partial charge in [0.25, 0.3) is 5.91 Å². The van der Waals surface area contributed by atoms with E-state index < -0.39 is 5.97 Å². The van der Waals surface area contributed by atoms with Gasteiger partial charge in [0, 0.05) is 36.3 Å². The number of carbonyl (C=O) groups excluding carboxylic acids is 2. The summed E-state index contributed by atoms with van der Waals surface area (Å²) in [4.78, 5) is 32.8. The molecule has 0 spiro atoms. The third-order valence-electron chi connectivity index (χ3n) is 7.19. The van der Waals surface area contributed by atoms with E-state index in [1.807, 2.05) is 38.1 Å². The smallest absolute Gasteiger partial charge is 0.339 e. The Bertz CT molecular complexity index is 994. The minimum absolute atomic E-state index is 0.0182. The highest BCUT2D eigenvalue weighted by molar-refractivity contribution is 6.05. The average molecular weight is 454 g/mol. The molecule has 0 atom stereocenters. The molecule has 0 radical (unpaired) electrons. The number of nitrogens with one attached hydrogen (secondary N) is 1. The zero-order chi connectivity index (χ0) is 23.3. The van der Waals surface area contributed by atoms with Crippen LogP contribution < -0.4 is 5.32 Å². The summed E-state index contributed by atoms with van der Waals surface area (Å²) in [5.74, 6) is -0.732. The summed E-state index contributed by atoms with van der Waals surface area (Å²) in [7, 11) is 0. The van der Waals surface area contributed by atoms with Gasteiger partial charge in [0.05, 0.1) is 24.3 Å². The highest BCUT2D eigenvalue weighted by Gasteiger charge is 2.38. The highest BCUT2D eigenvalue weighted by Crippen LogP contribution is 2.34. The molecule has 4 rings (SSSR count). The molecule has 7 nitrogen and oxygen atoms in total. The van der Waals surface area contributed by atoms with E-state index in [-0.39, 0.29) is 18.1 Å². The Morgan fingerprint density at radius 1 is 1.15 bits per heavy atom. The van der Waals surface area contributed by atoms with Crippen LogP contribution in [-0.2, 0) is 20.7 Å². The number of hydrogen-bond acceptors (Lipinski definition) is 6. The van der Waals surface area contributed by atoms with Gasteiger partial charge in [0.15, 0.2) is 6.61 Å². The van der Waals surface area contributed by atoms with Crippen LogP contribution in [0.4, 0.5) is 0 Å². The van der Waals surface area contributed by atoms with Crippen molar-refractivity contribution in [2.24, 2.45) is 0 Å². The van der Waals surface area contributed by atoms with Crippen LogP contribution in [0.15, 0.2) is 24.3 Å². The average Bonchev–Trinajstić information content (AvgIpc) is 2.86. The fraction of sp³-hybridized carbons (Fsp3) is 0.577. The van der Waals surface area contributed by atoms with Crippen LogP contribution in [0.5, 0.6) is 0 Å². The predicted octanol–water partition coefficient (Wildman–Crippen LogP) is 3.41. The summed E-state index contributed by atoms with van der Waals surface area (Å²) in [6.07, 6.45) is 6.48. The van der Waals surface area contributed by atoms with Crippen molar-refractivity contribution < 1.29 is 19.1 Å². The van der Waals surface area contributed by atoms with Gasteiger partial charge in [-0.25, -0.2) is 4.79 Å². The van der Waals surface area contributed by atoms with Crippen molar-refractivity contribution in [3.05, 3.63) is 41.1 Å². The molecule has 7 heteroatoms. The molecule has 1 aliphatic carbocycles. The Kier molecular flexibility index (Phi) is 7.60. The fourth-order valence-corrected chi connectivity index (χ4v) is 5.34. The van der Waals surface area contributed by atoms with Gasteiger partial charge in [0.2, 0.25) is 0 Å². The molecule has 0 unspecified atom stereocenters. The van der Waals surface area contributed by atoms with E-state index >= 15 is 0 Å². The lowest BCUT2D eigenvalue weighted by molar-refractivity contribution is -0.125. The van der Waals surface area contributed by atoms with Gasteiger partial charge in [-0.2, -0.15) is 0 Å². The Morgan fingerprint density at radius 2 is 1.88 bits per heavy atom. The Balaban J connectivity index is 1.41. The minimum Gasteiger partial charge on any atom is -0.452 e. The Morgan fingerprint density at radius 3 is 2.61 bits per heavy atom. The van der Waals surface area contributed by atoms with Crippen molar-refractivity contribution in [3.63, 3.8) is 0 Å². The minimum atomic E-state index is -0.475. The van der Waals surface area contributed by atoms with E-state index in [2.05, 4.69) is 15.2 Å². The van der Waals surface area contributed by atoms with Gasteiger partial charge in [-0.1, -0.05) is 44.4 Å². The maximum Gasteiger partial charge on any atom is 0.339 e. The first-order valence-electron chi connectivity index (χ1n) is 12.2. The van der Waals surface area contributed by atoms with E-state index in [9.17, 15) is 9.59 Å². The number of morpholine rings is 1. The molecule has 1 aliphatic heterocycles. The van der Waals surface area contributed by atoms with Crippen molar-refractivity contribution in [2.45, 2.75) is 57.9 Å². The van der Waals surface area contributed by atoms with Crippen LogP contribution in [0.1, 0.15) is 60.6 Å². The number of nitrogens with zero attached hydrogens (tertiary/aromatic N) is 2. The van der Waals surface area contributed by atoms with Gasteiger partial charge in [-0.3, -0.25) is 14.7 Å². The van der Waals surface area contributed by atoms with Crippen LogP contribution in [0, 0.1) is 6.92 Å². The number of aromatic nitrogens is 1. The van der Waals surface area contributed by atoms with Crippen molar-refractivity contribution in [1.29, 1.82) is 0 Å². The predicted molar refractivity (Wildman–Crippen MR) is 127 cm³/mol. The molecule has 178 valence electrons. The summed E-state index contributed by atoms with van der Waals surface area (Å²) >= 11 is 0. The first-order chi connectivity index (χ1) is 16.0. The zero-order valence-corrected chi connectivity index (χ0v) is 19.8. The zero-order valence-electron chi connectivity index (χ0n) is 19.8. The maximum atomic E-state index is 13.0. The largest absolute Gasteiger partial charge is 0.452 e. The highest BCUT2D eigenvalue weighted by atomic mass is 16.5. The molecule has 1 saturated heterocycles. The third kappa shape index (κ3) is 5.20. The van der Waals surface area contributed by atoms with Crippen molar-refractivity contribution in [1.82, 2.24) is 15.2 Å².